The van der Waals surface area contributed by atoms with E-state index in [1.54, 1.807) is 0 Å². The van der Waals surface area contributed by atoms with Crippen LogP contribution in [0.15, 0.2) is 0 Å². The summed E-state index contributed by atoms with van der Waals surface area (Å²) in [6.45, 7) is 0. The molecule has 0 atom stereocenters. The van der Waals surface area contributed by atoms with Gasteiger partial charge in [-0.1, -0.05) is 0 Å². The summed E-state index contributed by atoms with van der Waals surface area (Å²) in [5.41, 5.74) is 0. The molecular weight excluding hydrogens is 136 g/mol. The Labute approximate surface area is 51.2 Å². The van der Waals surface area contributed by atoms with Gasteiger partial charge in [0.15, 0.2) is 0 Å². The van der Waals surface area contributed by atoms with Crippen molar-refractivity contribution in [3.05, 3.63) is 0 Å². The Bertz CT molecular complexity index is 66.0. The number of ether oxygens (including phenoxy) is 1. The van der Waals surface area contributed by atoms with E-state index in [0.29, 0.717) is 5.94 Å². The van der Waals surface area contributed by atoms with Crippen molar-refractivity contribution in [2.24, 2.45) is 0 Å². The van der Waals surface area contributed by atoms with Crippen LogP contribution in [0.3, 0.4) is 0 Å². The first-order valence-corrected chi connectivity index (χ1v) is 2.95. The van der Waals surface area contributed by atoms with Gasteiger partial charge in [-0.25, -0.2) is 0 Å². The third kappa shape index (κ3) is 6.27. The van der Waals surface area contributed by atoms with Gasteiger partial charge in [-0.15, -0.1) is 0 Å². The summed E-state index contributed by atoms with van der Waals surface area (Å²) in [4.78, 5) is 9.85. The summed E-state index contributed by atoms with van der Waals surface area (Å²) in [7, 11) is 1.51. The number of carbonyl (C=O) groups excluding carboxylic acids is 1. The molecule has 2 nitrogen and oxygen atoms in total. The molecule has 0 spiro atoms. The molecule has 0 amide bonds. The Balaban J connectivity index is 2.82. The number of carbonyl (C=O) groups is 1. The zero-order chi connectivity index (χ0) is 5.70. The summed E-state index contributed by atoms with van der Waals surface area (Å²) in [5, 5.41) is 0. The number of methoxy groups -OCH3 is 1. The van der Waals surface area contributed by atoms with Crippen LogP contribution in [0.4, 0.5) is 4.79 Å². The molecule has 0 N–H and O–H groups in total. The topological polar surface area (TPSA) is 26.3 Å². The monoisotopic (exact) mass is 140 g/mol. The van der Waals surface area contributed by atoms with Gasteiger partial charge in [0, 0.05) is 7.11 Å². The van der Waals surface area contributed by atoms with E-state index >= 15 is 0 Å². The van der Waals surface area contributed by atoms with E-state index in [9.17, 15) is 4.79 Å². The average Bonchev–Trinajstić information content (AvgIpc) is 1.61. The highest BCUT2D eigenvalue weighted by molar-refractivity contribution is 8.16. The first-order chi connectivity index (χ1) is 3.27. The fourth-order valence-electron chi connectivity index (χ4n) is 0.105. The molecule has 0 aromatic heterocycles. The Morgan fingerprint density at radius 1 is 2.00 bits per heavy atom. The molecule has 7 heavy (non-hydrogen) atoms. The average molecular weight is 141 g/mol. The lowest BCUT2D eigenvalue weighted by Gasteiger charge is -1.87. The van der Waals surface area contributed by atoms with Crippen LogP contribution in [0, 0.1) is 0 Å². The number of hydrogen-bond acceptors (Lipinski definition) is 3. The van der Waals surface area contributed by atoms with Gasteiger partial charge >= 0.3 is 0 Å². The molecule has 0 aromatic carbocycles. The van der Waals surface area contributed by atoms with Crippen molar-refractivity contribution < 1.29 is 9.53 Å². The van der Waals surface area contributed by atoms with E-state index in [2.05, 4.69) is 4.74 Å². The maximum Gasteiger partial charge on any atom is 0.281 e. The van der Waals surface area contributed by atoms with E-state index in [-0.39, 0.29) is 0 Å². The minimum atomic E-state index is -0.429. The molecule has 0 saturated heterocycles. The van der Waals surface area contributed by atoms with Gasteiger partial charge in [0.1, 0.15) is 5.94 Å². The van der Waals surface area contributed by atoms with Crippen LogP contribution >= 0.6 is 23.4 Å². The Morgan fingerprint density at radius 2 is 2.57 bits per heavy atom. The standard InChI is InChI=1S/C3H5ClO2S/c1-6-2-7-3(4)5/h2H2,1H3. The van der Waals surface area contributed by atoms with Gasteiger partial charge in [-0.2, -0.15) is 0 Å². The van der Waals surface area contributed by atoms with E-state index < -0.39 is 4.57 Å². The highest BCUT2D eigenvalue weighted by Crippen LogP contribution is 2.05. The maximum atomic E-state index is 9.85. The molecule has 0 aliphatic rings. The molecule has 0 saturated carbocycles. The van der Waals surface area contributed by atoms with Crippen molar-refractivity contribution in [2.45, 2.75) is 0 Å². The van der Waals surface area contributed by atoms with Crippen molar-refractivity contribution >= 4 is 27.9 Å². The van der Waals surface area contributed by atoms with E-state index in [4.69, 9.17) is 11.6 Å². The third-order valence-corrected chi connectivity index (χ3v) is 1.20. The zero-order valence-electron chi connectivity index (χ0n) is 3.81. The molecule has 4 heteroatoms. The second-order valence-electron chi connectivity index (χ2n) is 0.789. The Kier molecular flexibility index (Phi) is 4.60. The van der Waals surface area contributed by atoms with Crippen molar-refractivity contribution in [3.8, 4) is 0 Å². The van der Waals surface area contributed by atoms with E-state index in [1.165, 1.54) is 7.11 Å². The third-order valence-electron chi connectivity index (χ3n) is 0.290. The molecule has 0 bridgehead atoms. The van der Waals surface area contributed by atoms with Crippen LogP contribution in [0.2, 0.25) is 0 Å². The SMILES string of the molecule is COCSC(=O)Cl. The first-order valence-electron chi connectivity index (χ1n) is 1.58. The highest BCUT2D eigenvalue weighted by Gasteiger charge is 1.91. The Morgan fingerprint density at radius 3 is 2.71 bits per heavy atom. The molecule has 0 aliphatic heterocycles. The minimum absolute atomic E-state index is 0.336. The molecule has 0 unspecified atom stereocenters. The van der Waals surface area contributed by atoms with Crippen molar-refractivity contribution in [1.82, 2.24) is 0 Å². The van der Waals surface area contributed by atoms with E-state index in [1.807, 2.05) is 0 Å². The van der Waals surface area contributed by atoms with Crippen molar-refractivity contribution in [1.29, 1.82) is 0 Å². The Hall–Kier alpha value is 0.270. The second kappa shape index (κ2) is 4.43. The van der Waals surface area contributed by atoms with Crippen molar-refractivity contribution in [3.63, 3.8) is 0 Å². The predicted octanol–water partition coefficient (Wildman–Crippen LogP) is 1.68. The summed E-state index contributed by atoms with van der Waals surface area (Å²) in [6.07, 6.45) is 0. The largest absolute Gasteiger partial charge is 0.374 e. The number of halogens is 1. The van der Waals surface area contributed by atoms with E-state index in [0.717, 1.165) is 11.8 Å². The minimum Gasteiger partial charge on any atom is -0.374 e. The number of thioether (sulfide) groups is 1. The smallest absolute Gasteiger partial charge is 0.281 e. The predicted molar refractivity (Wildman–Crippen MR) is 30.7 cm³/mol. The van der Waals surface area contributed by atoms with Crippen LogP contribution in [-0.2, 0) is 4.74 Å². The molecule has 0 radical (unpaired) electrons. The summed E-state index contributed by atoms with van der Waals surface area (Å²) < 4.78 is 4.08. The van der Waals surface area contributed by atoms with Gasteiger partial charge in [-0.05, 0) is 23.4 Å². The summed E-state index contributed by atoms with van der Waals surface area (Å²) in [5.74, 6) is 0.336. The van der Waals surface area contributed by atoms with Gasteiger partial charge < -0.3 is 4.74 Å². The lowest BCUT2D eigenvalue weighted by molar-refractivity contribution is 0.256. The maximum absolute atomic E-state index is 9.85. The molecule has 42 valence electrons. The van der Waals surface area contributed by atoms with Crippen LogP contribution < -0.4 is 0 Å². The molecule has 0 aliphatic carbocycles. The number of hydrogen-bond donors (Lipinski definition) is 0. The molecule has 0 fully saturated rings. The van der Waals surface area contributed by atoms with Crippen molar-refractivity contribution in [2.75, 3.05) is 13.0 Å². The van der Waals surface area contributed by atoms with Gasteiger partial charge in [0.05, 0.1) is 0 Å². The zero-order valence-corrected chi connectivity index (χ0v) is 5.38. The lowest BCUT2D eigenvalue weighted by Crippen LogP contribution is -1.82. The quantitative estimate of drug-likeness (QED) is 0.431. The summed E-state index contributed by atoms with van der Waals surface area (Å²) in [6, 6.07) is 0. The van der Waals surface area contributed by atoms with Crippen LogP contribution in [0.25, 0.3) is 0 Å². The first kappa shape index (κ1) is 7.27. The van der Waals surface area contributed by atoms with Gasteiger partial charge in [0.25, 0.3) is 4.57 Å². The fraction of sp³-hybridized carbons (Fsp3) is 0.667. The van der Waals surface area contributed by atoms with Crippen LogP contribution in [0.5, 0.6) is 0 Å². The summed E-state index contributed by atoms with van der Waals surface area (Å²) >= 11 is 5.84. The number of rotatable bonds is 2. The lowest BCUT2D eigenvalue weighted by atomic mass is 11.5. The van der Waals surface area contributed by atoms with Gasteiger partial charge in [-0.3, -0.25) is 4.79 Å². The van der Waals surface area contributed by atoms with Crippen LogP contribution in [-0.4, -0.2) is 17.6 Å². The molecular formula is C3H5ClO2S. The second-order valence-corrected chi connectivity index (χ2v) is 2.25. The normalized spacial score (nSPS) is 8.86. The van der Waals surface area contributed by atoms with Crippen LogP contribution in [0.1, 0.15) is 0 Å². The molecule has 0 rings (SSSR count). The highest BCUT2D eigenvalue weighted by atomic mass is 35.5. The molecule has 0 heterocycles. The molecule has 0 aromatic rings. The van der Waals surface area contributed by atoms with Gasteiger partial charge in [0.2, 0.25) is 0 Å². The fourth-order valence-corrected chi connectivity index (χ4v) is 0.449.